The van der Waals surface area contributed by atoms with Gasteiger partial charge in [0, 0.05) is 22.2 Å². The van der Waals surface area contributed by atoms with Crippen molar-refractivity contribution < 1.29 is 23.9 Å². The number of aromatic amines is 1. The van der Waals surface area contributed by atoms with Gasteiger partial charge in [-0.3, -0.25) is 14.4 Å². The first kappa shape index (κ1) is 23.2. The molecule has 4 rings (SSSR count). The van der Waals surface area contributed by atoms with E-state index in [1.807, 2.05) is 61.5 Å². The van der Waals surface area contributed by atoms with E-state index in [4.69, 9.17) is 9.47 Å². The highest BCUT2D eigenvalue weighted by Crippen LogP contribution is 2.36. The van der Waals surface area contributed by atoms with Gasteiger partial charge in [-0.15, -0.1) is 0 Å². The number of Topliss-reactive ketones (excluding diaryl/α,β-unsaturated/α-hetero) is 1. The summed E-state index contributed by atoms with van der Waals surface area (Å²) in [6, 6.07) is 20.7. The number of aromatic nitrogens is 1. The first-order valence-electron chi connectivity index (χ1n) is 11.4. The summed E-state index contributed by atoms with van der Waals surface area (Å²) in [7, 11) is 0. The fourth-order valence-corrected chi connectivity index (χ4v) is 4.42. The number of ether oxygens (including phenoxy) is 2. The van der Waals surface area contributed by atoms with Crippen molar-refractivity contribution >= 4 is 39.4 Å². The fourth-order valence-electron chi connectivity index (χ4n) is 4.42. The molecule has 0 saturated heterocycles. The van der Waals surface area contributed by atoms with Gasteiger partial charge in [0.05, 0.1) is 19.1 Å². The lowest BCUT2D eigenvalue weighted by Crippen LogP contribution is -2.37. The molecule has 0 bridgehead atoms. The van der Waals surface area contributed by atoms with Crippen LogP contribution in [-0.4, -0.2) is 35.9 Å². The number of benzene rings is 3. The van der Waals surface area contributed by atoms with Crippen LogP contribution in [-0.2, 0) is 19.1 Å². The number of carbonyl (C=O) groups excluding carboxylic acids is 3. The van der Waals surface area contributed by atoms with Crippen LogP contribution in [0.25, 0.3) is 21.7 Å². The second-order valence-electron chi connectivity index (χ2n) is 8.09. The maximum atomic E-state index is 14.0. The Morgan fingerprint density at radius 3 is 2.09 bits per heavy atom. The van der Waals surface area contributed by atoms with Crippen LogP contribution in [0.5, 0.6) is 0 Å². The molecule has 6 nitrogen and oxygen atoms in total. The van der Waals surface area contributed by atoms with Gasteiger partial charge in [-0.1, -0.05) is 54.6 Å². The molecule has 0 fully saturated rings. The Kier molecular flexibility index (Phi) is 6.77. The van der Waals surface area contributed by atoms with Gasteiger partial charge in [0.1, 0.15) is 0 Å². The Morgan fingerprint density at radius 2 is 1.44 bits per heavy atom. The summed E-state index contributed by atoms with van der Waals surface area (Å²) in [6.07, 6.45) is 0. The van der Waals surface area contributed by atoms with Gasteiger partial charge in [-0.05, 0) is 49.2 Å². The molecule has 3 aromatic carbocycles. The maximum Gasteiger partial charge on any atom is 0.321 e. The normalized spacial score (nSPS) is 12.1. The summed E-state index contributed by atoms with van der Waals surface area (Å²) in [6.45, 7) is 5.36. The van der Waals surface area contributed by atoms with Crippen LogP contribution in [0.3, 0.4) is 0 Å². The minimum Gasteiger partial charge on any atom is -0.465 e. The zero-order valence-electron chi connectivity index (χ0n) is 19.5. The van der Waals surface area contributed by atoms with Crippen LogP contribution in [0.2, 0.25) is 0 Å². The molecule has 0 aliphatic carbocycles. The number of aryl methyl sites for hydroxylation is 1. The quantitative estimate of drug-likeness (QED) is 0.219. The SMILES string of the molecule is CCOC(=O)C(C(=O)OCC)C(C(=O)c1ccc2ccccc2c1)c1[nH]c2ccccc2c1C. The second kappa shape index (κ2) is 9.91. The molecule has 1 aromatic heterocycles. The predicted octanol–water partition coefficient (Wildman–Crippen LogP) is 5.34. The number of esters is 2. The minimum atomic E-state index is -1.44. The van der Waals surface area contributed by atoms with E-state index in [1.54, 1.807) is 26.0 Å². The van der Waals surface area contributed by atoms with Crippen LogP contribution < -0.4 is 0 Å². The predicted molar refractivity (Wildman–Crippen MR) is 131 cm³/mol. The first-order valence-corrected chi connectivity index (χ1v) is 11.4. The third-order valence-electron chi connectivity index (χ3n) is 6.05. The Labute approximate surface area is 197 Å². The molecule has 6 heteroatoms. The summed E-state index contributed by atoms with van der Waals surface area (Å²) in [5.41, 5.74) is 2.52. The van der Waals surface area contributed by atoms with E-state index < -0.39 is 23.8 Å². The van der Waals surface area contributed by atoms with Crippen LogP contribution in [0, 0.1) is 12.8 Å². The monoisotopic (exact) mass is 457 g/mol. The summed E-state index contributed by atoms with van der Waals surface area (Å²) >= 11 is 0. The number of nitrogens with one attached hydrogen (secondary N) is 1. The average molecular weight is 458 g/mol. The number of carbonyl (C=O) groups is 3. The molecule has 1 heterocycles. The zero-order valence-corrected chi connectivity index (χ0v) is 19.5. The molecule has 34 heavy (non-hydrogen) atoms. The first-order chi connectivity index (χ1) is 16.5. The summed E-state index contributed by atoms with van der Waals surface area (Å²) in [5, 5.41) is 2.80. The van der Waals surface area contributed by atoms with Gasteiger partial charge in [0.25, 0.3) is 0 Å². The van der Waals surface area contributed by atoms with Gasteiger partial charge >= 0.3 is 11.9 Å². The molecule has 1 N–H and O–H groups in total. The van der Waals surface area contributed by atoms with Crippen molar-refractivity contribution in [1.82, 2.24) is 4.98 Å². The standard InChI is InChI=1S/C28H27NO5/c1-4-33-27(31)24(28(32)34-5-2)23(25-17(3)21-12-8-9-13-22(21)29-25)26(30)20-15-14-18-10-6-7-11-19(18)16-20/h6-16,23-24,29H,4-5H2,1-3H3. The van der Waals surface area contributed by atoms with Crippen molar-refractivity contribution in [2.24, 2.45) is 5.92 Å². The number of rotatable bonds is 8. The summed E-state index contributed by atoms with van der Waals surface area (Å²) in [4.78, 5) is 43.5. The molecule has 1 atom stereocenters. The molecule has 1 unspecified atom stereocenters. The van der Waals surface area contributed by atoms with E-state index in [2.05, 4.69) is 4.98 Å². The van der Waals surface area contributed by atoms with Gasteiger partial charge in [0.2, 0.25) is 0 Å². The van der Waals surface area contributed by atoms with Gasteiger partial charge in [0.15, 0.2) is 11.7 Å². The molecule has 4 aromatic rings. The molecule has 0 radical (unpaired) electrons. The number of ketones is 1. The molecule has 0 spiro atoms. The lowest BCUT2D eigenvalue weighted by Gasteiger charge is -2.23. The third-order valence-corrected chi connectivity index (χ3v) is 6.05. The number of hydrogen-bond donors (Lipinski definition) is 1. The van der Waals surface area contributed by atoms with Gasteiger partial charge in [-0.25, -0.2) is 0 Å². The van der Waals surface area contributed by atoms with E-state index in [1.165, 1.54) is 0 Å². The Morgan fingerprint density at radius 1 is 0.824 bits per heavy atom. The zero-order chi connectivity index (χ0) is 24.2. The molecular formula is C28H27NO5. The van der Waals surface area contributed by atoms with E-state index in [-0.39, 0.29) is 19.0 Å². The van der Waals surface area contributed by atoms with Gasteiger partial charge in [-0.2, -0.15) is 0 Å². The molecule has 0 saturated carbocycles. The summed E-state index contributed by atoms with van der Waals surface area (Å²) < 4.78 is 10.5. The van der Waals surface area contributed by atoms with Gasteiger partial charge < -0.3 is 14.5 Å². The number of fused-ring (bicyclic) bond motifs is 2. The van der Waals surface area contributed by atoms with E-state index in [0.717, 1.165) is 27.2 Å². The van der Waals surface area contributed by atoms with Crippen LogP contribution >= 0.6 is 0 Å². The van der Waals surface area contributed by atoms with Crippen molar-refractivity contribution in [3.05, 3.63) is 83.6 Å². The lowest BCUT2D eigenvalue weighted by molar-refractivity contribution is -0.162. The Hall–Kier alpha value is -3.93. The average Bonchev–Trinajstić information content (AvgIpc) is 3.18. The molecule has 0 aliphatic rings. The van der Waals surface area contributed by atoms with E-state index in [9.17, 15) is 14.4 Å². The maximum absolute atomic E-state index is 14.0. The molecule has 174 valence electrons. The van der Waals surface area contributed by atoms with Crippen LogP contribution in [0.15, 0.2) is 66.7 Å². The highest BCUT2D eigenvalue weighted by molar-refractivity contribution is 6.10. The van der Waals surface area contributed by atoms with E-state index in [0.29, 0.717) is 11.3 Å². The number of para-hydroxylation sites is 1. The van der Waals surface area contributed by atoms with Crippen molar-refractivity contribution in [2.75, 3.05) is 13.2 Å². The van der Waals surface area contributed by atoms with Crippen LogP contribution in [0.1, 0.15) is 41.4 Å². The number of H-pyrrole nitrogens is 1. The second-order valence-corrected chi connectivity index (χ2v) is 8.09. The van der Waals surface area contributed by atoms with Crippen molar-refractivity contribution in [3.8, 4) is 0 Å². The largest absolute Gasteiger partial charge is 0.465 e. The highest BCUT2D eigenvalue weighted by atomic mass is 16.6. The molecular weight excluding hydrogens is 430 g/mol. The van der Waals surface area contributed by atoms with Crippen molar-refractivity contribution in [2.45, 2.75) is 26.7 Å². The fraction of sp³-hybridized carbons (Fsp3) is 0.250. The Balaban J connectivity index is 1.91. The topological polar surface area (TPSA) is 85.5 Å². The minimum absolute atomic E-state index is 0.0807. The smallest absolute Gasteiger partial charge is 0.321 e. The van der Waals surface area contributed by atoms with Crippen LogP contribution in [0.4, 0.5) is 0 Å². The molecule has 0 amide bonds. The Bertz CT molecular complexity index is 1350. The molecule has 0 aliphatic heterocycles. The van der Waals surface area contributed by atoms with E-state index >= 15 is 0 Å². The van der Waals surface area contributed by atoms with Crippen molar-refractivity contribution in [3.63, 3.8) is 0 Å². The highest BCUT2D eigenvalue weighted by Gasteiger charge is 2.44. The summed E-state index contributed by atoms with van der Waals surface area (Å²) in [5.74, 6) is -4.49. The van der Waals surface area contributed by atoms with Crippen molar-refractivity contribution in [1.29, 1.82) is 0 Å². The third kappa shape index (κ3) is 4.31. The number of hydrogen-bond acceptors (Lipinski definition) is 5. The lowest BCUT2D eigenvalue weighted by atomic mass is 9.81.